The highest BCUT2D eigenvalue weighted by Crippen LogP contribution is 2.27. The number of nitrogens with one attached hydrogen (secondary N) is 1. The van der Waals surface area contributed by atoms with Crippen LogP contribution in [0.4, 0.5) is 0 Å². The van der Waals surface area contributed by atoms with E-state index in [0.29, 0.717) is 23.7 Å². The molecule has 0 radical (unpaired) electrons. The zero-order valence-electron chi connectivity index (χ0n) is 10.2. The molecule has 0 fully saturated rings. The summed E-state index contributed by atoms with van der Waals surface area (Å²) < 4.78 is 10.4. The lowest BCUT2D eigenvalue weighted by atomic mass is 10.2. The highest BCUT2D eigenvalue weighted by Gasteiger charge is 2.11. The van der Waals surface area contributed by atoms with Crippen LogP contribution < -0.4 is 14.8 Å². The van der Waals surface area contributed by atoms with E-state index in [4.69, 9.17) is 14.6 Å². The van der Waals surface area contributed by atoms with Crippen molar-refractivity contribution < 1.29 is 24.2 Å². The van der Waals surface area contributed by atoms with E-state index in [1.165, 1.54) is 13.2 Å². The van der Waals surface area contributed by atoms with E-state index in [-0.39, 0.29) is 0 Å². The summed E-state index contributed by atoms with van der Waals surface area (Å²) >= 11 is 0. The molecule has 6 heteroatoms. The van der Waals surface area contributed by atoms with Gasteiger partial charge in [0.25, 0.3) is 5.91 Å². The van der Waals surface area contributed by atoms with Crippen LogP contribution in [0.2, 0.25) is 0 Å². The van der Waals surface area contributed by atoms with Gasteiger partial charge in [0.2, 0.25) is 0 Å². The van der Waals surface area contributed by atoms with Gasteiger partial charge in [-0.15, -0.1) is 0 Å². The minimum Gasteiger partial charge on any atom is -0.493 e. The van der Waals surface area contributed by atoms with Crippen molar-refractivity contribution >= 4 is 11.9 Å². The molecule has 1 rings (SSSR count). The van der Waals surface area contributed by atoms with E-state index in [9.17, 15) is 9.59 Å². The lowest BCUT2D eigenvalue weighted by Gasteiger charge is -2.10. The zero-order valence-corrected chi connectivity index (χ0v) is 10.2. The molecule has 6 nitrogen and oxygen atoms in total. The van der Waals surface area contributed by atoms with E-state index in [0.717, 1.165) is 0 Å². The summed E-state index contributed by atoms with van der Waals surface area (Å²) in [4.78, 5) is 22.0. The first-order chi connectivity index (χ1) is 8.58. The average molecular weight is 253 g/mol. The maximum absolute atomic E-state index is 11.6. The summed E-state index contributed by atoms with van der Waals surface area (Å²) in [7, 11) is 1.47. The predicted molar refractivity (Wildman–Crippen MR) is 64.1 cm³/mol. The molecule has 1 amide bonds. The third-order valence-corrected chi connectivity index (χ3v) is 2.13. The van der Waals surface area contributed by atoms with Gasteiger partial charge in [-0.3, -0.25) is 9.59 Å². The molecule has 0 aliphatic heterocycles. The molecule has 0 atom stereocenters. The van der Waals surface area contributed by atoms with Crippen LogP contribution in [-0.4, -0.2) is 37.2 Å². The highest BCUT2D eigenvalue weighted by molar-refractivity contribution is 5.96. The van der Waals surface area contributed by atoms with Crippen LogP contribution in [0.15, 0.2) is 18.2 Å². The highest BCUT2D eigenvalue weighted by atomic mass is 16.5. The molecule has 1 aromatic rings. The van der Waals surface area contributed by atoms with Crippen molar-refractivity contribution in [2.75, 3.05) is 20.3 Å². The fraction of sp³-hybridized carbons (Fsp3) is 0.333. The predicted octanol–water partition coefficient (Wildman–Crippen LogP) is 0.908. The minimum absolute atomic E-state index is 0.316. The van der Waals surface area contributed by atoms with Crippen molar-refractivity contribution in [2.45, 2.75) is 6.92 Å². The number of carbonyl (C=O) groups excluding carboxylic acids is 1. The van der Waals surface area contributed by atoms with E-state index in [1.54, 1.807) is 12.1 Å². The Kier molecular flexibility index (Phi) is 4.98. The number of methoxy groups -OCH3 is 1. The van der Waals surface area contributed by atoms with Crippen LogP contribution in [0.1, 0.15) is 17.3 Å². The normalized spacial score (nSPS) is 9.67. The standard InChI is InChI=1S/C12H15NO5/c1-3-18-9-5-4-8(6-10(9)17-2)12(16)13-7-11(14)15/h4-6H,3,7H2,1-2H3,(H,13,16)(H,14,15). The maximum atomic E-state index is 11.6. The van der Waals surface area contributed by atoms with Gasteiger partial charge in [-0.25, -0.2) is 0 Å². The molecule has 18 heavy (non-hydrogen) atoms. The number of benzene rings is 1. The Morgan fingerprint density at radius 2 is 2.06 bits per heavy atom. The van der Waals surface area contributed by atoms with Crippen molar-refractivity contribution in [1.82, 2.24) is 5.32 Å². The first kappa shape index (κ1) is 13.8. The fourth-order valence-corrected chi connectivity index (χ4v) is 1.34. The number of carbonyl (C=O) groups is 2. The Balaban J connectivity index is 2.84. The Labute approximate surface area is 105 Å². The summed E-state index contributed by atoms with van der Waals surface area (Å²) in [5.74, 6) is -0.602. The second kappa shape index (κ2) is 6.48. The molecular formula is C12H15NO5. The molecule has 0 aliphatic rings. The molecule has 0 saturated carbocycles. The number of hydrogen-bond donors (Lipinski definition) is 2. The van der Waals surface area contributed by atoms with Crippen molar-refractivity contribution in [2.24, 2.45) is 0 Å². The van der Waals surface area contributed by atoms with Crippen LogP contribution in [0.3, 0.4) is 0 Å². The maximum Gasteiger partial charge on any atom is 0.322 e. The van der Waals surface area contributed by atoms with Gasteiger partial charge in [-0.05, 0) is 25.1 Å². The molecule has 0 saturated heterocycles. The first-order valence-corrected chi connectivity index (χ1v) is 5.39. The van der Waals surface area contributed by atoms with Gasteiger partial charge in [-0.1, -0.05) is 0 Å². The van der Waals surface area contributed by atoms with Gasteiger partial charge in [0.05, 0.1) is 13.7 Å². The minimum atomic E-state index is -1.10. The second-order valence-corrected chi connectivity index (χ2v) is 3.38. The van der Waals surface area contributed by atoms with E-state index in [2.05, 4.69) is 5.32 Å². The lowest BCUT2D eigenvalue weighted by molar-refractivity contribution is -0.135. The quantitative estimate of drug-likeness (QED) is 0.787. The second-order valence-electron chi connectivity index (χ2n) is 3.38. The molecule has 1 aromatic carbocycles. The lowest BCUT2D eigenvalue weighted by Crippen LogP contribution is -2.29. The summed E-state index contributed by atoms with van der Waals surface area (Å²) in [5.41, 5.74) is 0.316. The summed E-state index contributed by atoms with van der Waals surface area (Å²) in [5, 5.41) is 10.7. The third kappa shape index (κ3) is 3.65. The van der Waals surface area contributed by atoms with Crippen LogP contribution in [0.5, 0.6) is 11.5 Å². The van der Waals surface area contributed by atoms with Crippen molar-refractivity contribution in [3.63, 3.8) is 0 Å². The SMILES string of the molecule is CCOc1ccc(C(=O)NCC(=O)O)cc1OC. The van der Waals surface area contributed by atoms with Crippen LogP contribution >= 0.6 is 0 Å². The number of hydrogen-bond acceptors (Lipinski definition) is 4. The van der Waals surface area contributed by atoms with Gasteiger partial charge in [-0.2, -0.15) is 0 Å². The van der Waals surface area contributed by atoms with E-state index < -0.39 is 18.4 Å². The number of amides is 1. The number of ether oxygens (including phenoxy) is 2. The van der Waals surface area contributed by atoms with Crippen molar-refractivity contribution in [3.8, 4) is 11.5 Å². The van der Waals surface area contributed by atoms with E-state index in [1.807, 2.05) is 6.92 Å². The first-order valence-electron chi connectivity index (χ1n) is 5.39. The Bertz CT molecular complexity index is 444. The molecule has 0 aliphatic carbocycles. The molecule has 0 heterocycles. The van der Waals surface area contributed by atoms with Crippen molar-refractivity contribution in [3.05, 3.63) is 23.8 Å². The Morgan fingerprint density at radius 3 is 2.61 bits per heavy atom. The van der Waals surface area contributed by atoms with Gasteiger partial charge in [0.15, 0.2) is 11.5 Å². The number of aliphatic carboxylic acids is 1. The summed E-state index contributed by atoms with van der Waals surface area (Å²) in [6.45, 7) is 1.90. The van der Waals surface area contributed by atoms with Crippen molar-refractivity contribution in [1.29, 1.82) is 0 Å². The van der Waals surface area contributed by atoms with Gasteiger partial charge in [0, 0.05) is 5.56 Å². The van der Waals surface area contributed by atoms with Crippen LogP contribution in [-0.2, 0) is 4.79 Å². The summed E-state index contributed by atoms with van der Waals surface area (Å²) in [6.07, 6.45) is 0. The number of carboxylic acids is 1. The number of rotatable bonds is 6. The third-order valence-electron chi connectivity index (χ3n) is 2.13. The van der Waals surface area contributed by atoms with Crippen LogP contribution in [0, 0.1) is 0 Å². The van der Waals surface area contributed by atoms with E-state index >= 15 is 0 Å². The molecule has 0 bridgehead atoms. The Hall–Kier alpha value is -2.24. The monoisotopic (exact) mass is 253 g/mol. The van der Waals surface area contributed by atoms with Gasteiger partial charge < -0.3 is 19.9 Å². The van der Waals surface area contributed by atoms with Crippen LogP contribution in [0.25, 0.3) is 0 Å². The molecule has 2 N–H and O–H groups in total. The topological polar surface area (TPSA) is 84.9 Å². The molecule has 98 valence electrons. The molecule has 0 spiro atoms. The zero-order chi connectivity index (χ0) is 13.5. The Morgan fingerprint density at radius 1 is 1.33 bits per heavy atom. The summed E-state index contributed by atoms with van der Waals surface area (Å²) in [6, 6.07) is 4.66. The number of carboxylic acid groups (broad SMARTS) is 1. The smallest absolute Gasteiger partial charge is 0.322 e. The molecule has 0 aromatic heterocycles. The fourth-order valence-electron chi connectivity index (χ4n) is 1.34. The molecular weight excluding hydrogens is 238 g/mol. The largest absolute Gasteiger partial charge is 0.493 e. The molecule has 0 unspecified atom stereocenters. The van der Waals surface area contributed by atoms with Gasteiger partial charge >= 0.3 is 5.97 Å². The van der Waals surface area contributed by atoms with Gasteiger partial charge in [0.1, 0.15) is 6.54 Å². The average Bonchev–Trinajstić information content (AvgIpc) is 2.36.